The summed E-state index contributed by atoms with van der Waals surface area (Å²) in [7, 11) is 2.02. The van der Waals surface area contributed by atoms with Crippen molar-refractivity contribution < 1.29 is 18.0 Å². The quantitative estimate of drug-likeness (QED) is 0.905. The normalized spacial score (nSPS) is 19.8. The Morgan fingerprint density at radius 1 is 1.19 bits per heavy atom. The van der Waals surface area contributed by atoms with Gasteiger partial charge in [0.15, 0.2) is 11.3 Å². The Morgan fingerprint density at radius 3 is 2.50 bits per heavy atom. The van der Waals surface area contributed by atoms with Gasteiger partial charge in [-0.25, -0.2) is 9.50 Å². The third-order valence-corrected chi connectivity index (χ3v) is 5.02. The number of hydrogen-bond acceptors (Lipinski definition) is 4. The topological polar surface area (TPSA) is 62.5 Å². The minimum absolute atomic E-state index is 0.0144. The molecule has 0 atom stereocenters. The van der Waals surface area contributed by atoms with Crippen molar-refractivity contribution in [1.82, 2.24) is 24.8 Å². The molecule has 6 nitrogen and oxygen atoms in total. The van der Waals surface area contributed by atoms with E-state index in [1.807, 2.05) is 7.05 Å². The molecular formula is C17H20F3N5O. The number of carbonyl (C=O) groups excluding carboxylic acids is 1. The van der Waals surface area contributed by atoms with Crippen LogP contribution in [0, 0.1) is 0 Å². The van der Waals surface area contributed by atoms with Crippen LogP contribution in [0.5, 0.6) is 0 Å². The number of likely N-dealkylation sites (tertiary alicyclic amines) is 1. The molecule has 0 bridgehead atoms. The van der Waals surface area contributed by atoms with E-state index in [1.54, 1.807) is 0 Å². The second kappa shape index (κ2) is 6.22. The highest BCUT2D eigenvalue weighted by atomic mass is 19.4. The predicted molar refractivity (Wildman–Crippen MR) is 87.9 cm³/mol. The van der Waals surface area contributed by atoms with Crippen LogP contribution in [0.4, 0.5) is 13.2 Å². The fourth-order valence-corrected chi connectivity index (χ4v) is 3.31. The van der Waals surface area contributed by atoms with Crippen molar-refractivity contribution in [3.05, 3.63) is 29.2 Å². The molecule has 2 fully saturated rings. The lowest BCUT2D eigenvalue weighted by Crippen LogP contribution is -2.43. The molecular weight excluding hydrogens is 347 g/mol. The lowest BCUT2D eigenvalue weighted by atomic mass is 10.1. The van der Waals surface area contributed by atoms with Gasteiger partial charge in [-0.05, 0) is 51.9 Å². The average molecular weight is 367 g/mol. The first-order valence-electron chi connectivity index (χ1n) is 8.78. The highest BCUT2D eigenvalue weighted by Crippen LogP contribution is 2.41. The predicted octanol–water partition coefficient (Wildman–Crippen LogP) is 2.45. The molecule has 2 aliphatic rings. The summed E-state index contributed by atoms with van der Waals surface area (Å²) in [6.07, 6.45) is -1.24. The molecule has 3 heterocycles. The van der Waals surface area contributed by atoms with Crippen LogP contribution in [0.1, 0.15) is 53.5 Å². The van der Waals surface area contributed by atoms with Crippen molar-refractivity contribution in [1.29, 1.82) is 0 Å². The van der Waals surface area contributed by atoms with Crippen molar-refractivity contribution in [2.24, 2.45) is 0 Å². The molecule has 1 aliphatic carbocycles. The zero-order valence-corrected chi connectivity index (χ0v) is 14.4. The zero-order chi connectivity index (χ0) is 18.5. The van der Waals surface area contributed by atoms with Gasteiger partial charge in [-0.3, -0.25) is 4.79 Å². The van der Waals surface area contributed by atoms with Gasteiger partial charge < -0.3 is 10.2 Å². The number of hydrogen-bond donors (Lipinski definition) is 1. The van der Waals surface area contributed by atoms with Crippen LogP contribution in [-0.2, 0) is 6.18 Å². The second-order valence-corrected chi connectivity index (χ2v) is 7.19. The molecule has 0 spiro atoms. The van der Waals surface area contributed by atoms with Gasteiger partial charge in [0.1, 0.15) is 5.69 Å². The Kier molecular flexibility index (Phi) is 4.13. The van der Waals surface area contributed by atoms with E-state index in [0.29, 0.717) is 5.69 Å². The number of halogens is 3. The number of piperidine rings is 1. The van der Waals surface area contributed by atoms with E-state index < -0.39 is 17.8 Å². The number of alkyl halides is 3. The molecule has 0 aromatic carbocycles. The number of rotatable bonds is 3. The molecule has 4 rings (SSSR count). The first-order chi connectivity index (χ1) is 12.3. The maximum absolute atomic E-state index is 13.4. The lowest BCUT2D eigenvalue weighted by molar-refractivity contribution is -0.142. The van der Waals surface area contributed by atoms with Crippen molar-refractivity contribution in [2.75, 3.05) is 20.1 Å². The molecule has 9 heteroatoms. The van der Waals surface area contributed by atoms with Gasteiger partial charge in [0.25, 0.3) is 5.91 Å². The average Bonchev–Trinajstić information content (AvgIpc) is 3.34. The summed E-state index contributed by atoms with van der Waals surface area (Å²) < 4.78 is 41.0. The Hall–Kier alpha value is -2.16. The van der Waals surface area contributed by atoms with E-state index in [0.717, 1.165) is 49.4 Å². The van der Waals surface area contributed by atoms with Crippen LogP contribution in [-0.4, -0.2) is 51.6 Å². The van der Waals surface area contributed by atoms with Gasteiger partial charge in [0, 0.05) is 23.7 Å². The second-order valence-electron chi connectivity index (χ2n) is 7.19. The molecule has 140 valence electrons. The maximum Gasteiger partial charge on any atom is 0.433 e. The number of aromatic nitrogens is 3. The maximum atomic E-state index is 13.4. The minimum Gasteiger partial charge on any atom is -0.348 e. The highest BCUT2D eigenvalue weighted by molar-refractivity contribution is 5.93. The molecule has 1 N–H and O–H groups in total. The monoisotopic (exact) mass is 367 g/mol. The summed E-state index contributed by atoms with van der Waals surface area (Å²) in [5.74, 6) is -0.376. The Labute approximate surface area is 148 Å². The molecule has 2 aromatic heterocycles. The van der Waals surface area contributed by atoms with Crippen LogP contribution >= 0.6 is 0 Å². The largest absolute Gasteiger partial charge is 0.433 e. The first-order valence-corrected chi connectivity index (χ1v) is 8.78. The summed E-state index contributed by atoms with van der Waals surface area (Å²) in [4.78, 5) is 18.9. The fraction of sp³-hybridized carbons (Fsp3) is 0.588. The van der Waals surface area contributed by atoms with Crippen LogP contribution in [0.15, 0.2) is 12.1 Å². The molecule has 0 unspecified atom stereocenters. The van der Waals surface area contributed by atoms with Gasteiger partial charge in [-0.15, -0.1) is 0 Å². The number of carbonyl (C=O) groups is 1. The first kappa shape index (κ1) is 17.3. The van der Waals surface area contributed by atoms with Crippen LogP contribution < -0.4 is 5.32 Å². The van der Waals surface area contributed by atoms with Gasteiger partial charge in [0.2, 0.25) is 0 Å². The van der Waals surface area contributed by atoms with E-state index in [4.69, 9.17) is 0 Å². The van der Waals surface area contributed by atoms with Gasteiger partial charge in [-0.2, -0.15) is 18.3 Å². The molecule has 1 saturated carbocycles. The Bertz CT molecular complexity index is 835. The van der Waals surface area contributed by atoms with E-state index in [2.05, 4.69) is 20.3 Å². The smallest absolute Gasteiger partial charge is 0.348 e. The molecule has 2 aromatic rings. The van der Waals surface area contributed by atoms with E-state index >= 15 is 0 Å². The van der Waals surface area contributed by atoms with Crippen molar-refractivity contribution in [2.45, 2.75) is 43.8 Å². The van der Waals surface area contributed by atoms with Crippen molar-refractivity contribution in [3.8, 4) is 0 Å². The number of nitrogens with one attached hydrogen (secondary N) is 1. The van der Waals surface area contributed by atoms with Crippen molar-refractivity contribution >= 4 is 11.6 Å². The molecule has 0 radical (unpaired) electrons. The highest BCUT2D eigenvalue weighted by Gasteiger charge is 2.37. The Morgan fingerprint density at radius 2 is 1.88 bits per heavy atom. The summed E-state index contributed by atoms with van der Waals surface area (Å²) >= 11 is 0. The fourth-order valence-electron chi connectivity index (χ4n) is 3.31. The molecule has 1 aliphatic heterocycles. The van der Waals surface area contributed by atoms with E-state index in [-0.39, 0.29) is 23.3 Å². The molecule has 1 saturated heterocycles. The van der Waals surface area contributed by atoms with Gasteiger partial charge in [0.05, 0.1) is 0 Å². The summed E-state index contributed by atoms with van der Waals surface area (Å²) in [6, 6.07) is 2.41. The minimum atomic E-state index is -4.56. The van der Waals surface area contributed by atoms with E-state index in [9.17, 15) is 18.0 Å². The number of nitrogens with zero attached hydrogens (tertiary/aromatic N) is 4. The lowest BCUT2D eigenvalue weighted by Gasteiger charge is -2.29. The standard InChI is InChI=1S/C17H20F3N5O/c1-24-6-4-11(5-7-24)21-16(26)13-9-15-22-12(10-2-3-10)8-14(17(18,19)20)25(15)23-13/h8-11H,2-7H2,1H3,(H,21,26). The van der Waals surface area contributed by atoms with Crippen LogP contribution in [0.3, 0.4) is 0 Å². The summed E-state index contributed by atoms with van der Waals surface area (Å²) in [5, 5.41) is 6.77. The van der Waals surface area contributed by atoms with E-state index in [1.165, 1.54) is 6.07 Å². The summed E-state index contributed by atoms with van der Waals surface area (Å²) in [5.41, 5.74) is -0.431. The Balaban J connectivity index is 1.63. The SMILES string of the molecule is CN1CCC(NC(=O)c2cc3nc(C4CC4)cc(C(F)(F)F)n3n2)CC1. The third kappa shape index (κ3) is 3.40. The number of amides is 1. The number of fused-ring (bicyclic) bond motifs is 1. The third-order valence-electron chi connectivity index (χ3n) is 5.02. The van der Waals surface area contributed by atoms with Crippen LogP contribution in [0.2, 0.25) is 0 Å². The van der Waals surface area contributed by atoms with Crippen molar-refractivity contribution in [3.63, 3.8) is 0 Å². The van der Waals surface area contributed by atoms with Crippen LogP contribution in [0.25, 0.3) is 5.65 Å². The molecule has 26 heavy (non-hydrogen) atoms. The zero-order valence-electron chi connectivity index (χ0n) is 14.4. The van der Waals surface area contributed by atoms with Gasteiger partial charge in [-0.1, -0.05) is 0 Å². The summed E-state index contributed by atoms with van der Waals surface area (Å²) in [6.45, 7) is 1.75. The van der Waals surface area contributed by atoms with Gasteiger partial charge >= 0.3 is 6.18 Å². The molecule has 1 amide bonds.